The van der Waals surface area contributed by atoms with E-state index in [1.165, 1.54) is 12.1 Å². The Morgan fingerprint density at radius 3 is 2.44 bits per heavy atom. The molecule has 0 atom stereocenters. The van der Waals surface area contributed by atoms with Gasteiger partial charge in [-0.15, -0.1) is 0 Å². The highest BCUT2D eigenvalue weighted by Crippen LogP contribution is 2.28. The van der Waals surface area contributed by atoms with Crippen molar-refractivity contribution in [1.82, 2.24) is 9.78 Å². The predicted molar refractivity (Wildman–Crippen MR) is 69.8 cm³/mol. The summed E-state index contributed by atoms with van der Waals surface area (Å²) in [4.78, 5) is 12.1. The molecule has 1 aromatic heterocycles. The predicted octanol–water partition coefficient (Wildman–Crippen LogP) is 3.52. The van der Waals surface area contributed by atoms with Crippen LogP contribution in [-0.4, -0.2) is 14.7 Å². The Morgan fingerprint density at radius 2 is 1.94 bits per heavy atom. The van der Waals surface area contributed by atoms with Crippen LogP contribution in [0.15, 0.2) is 46.5 Å². The molecule has 94 valence electrons. The number of hydrogen-bond donors (Lipinski definition) is 0. The lowest BCUT2D eigenvalue weighted by molar-refractivity contribution is -0.384. The van der Waals surface area contributed by atoms with Crippen molar-refractivity contribution in [3.05, 3.63) is 46.8 Å². The van der Waals surface area contributed by atoms with Crippen molar-refractivity contribution in [2.75, 3.05) is 0 Å². The van der Waals surface area contributed by atoms with Gasteiger partial charge in [0.15, 0.2) is 0 Å². The van der Waals surface area contributed by atoms with Crippen LogP contribution in [-0.2, 0) is 0 Å². The van der Waals surface area contributed by atoms with E-state index in [-0.39, 0.29) is 5.69 Å². The summed E-state index contributed by atoms with van der Waals surface area (Å²) in [5, 5.41) is 14.8. The van der Waals surface area contributed by atoms with Crippen molar-refractivity contribution in [3.8, 4) is 0 Å². The van der Waals surface area contributed by atoms with Crippen LogP contribution >= 0.6 is 11.8 Å². The van der Waals surface area contributed by atoms with Gasteiger partial charge in [0, 0.05) is 29.3 Å². The average Bonchev–Trinajstić information content (AvgIpc) is 2.78. The molecular formula is C12H13N3O2S. The molecule has 0 N–H and O–H groups in total. The first kappa shape index (κ1) is 12.6. The third kappa shape index (κ3) is 2.89. The van der Waals surface area contributed by atoms with E-state index < -0.39 is 4.92 Å². The van der Waals surface area contributed by atoms with Crippen molar-refractivity contribution in [2.45, 2.75) is 29.7 Å². The molecular weight excluding hydrogens is 250 g/mol. The molecule has 0 amide bonds. The van der Waals surface area contributed by atoms with Gasteiger partial charge in [-0.05, 0) is 26.0 Å². The summed E-state index contributed by atoms with van der Waals surface area (Å²) in [7, 11) is 0. The van der Waals surface area contributed by atoms with E-state index in [0.717, 1.165) is 9.79 Å². The molecule has 0 bridgehead atoms. The van der Waals surface area contributed by atoms with Crippen LogP contribution in [0.25, 0.3) is 0 Å². The topological polar surface area (TPSA) is 61.0 Å². The molecule has 0 radical (unpaired) electrons. The van der Waals surface area contributed by atoms with E-state index >= 15 is 0 Å². The first-order valence-electron chi connectivity index (χ1n) is 5.53. The van der Waals surface area contributed by atoms with Crippen molar-refractivity contribution >= 4 is 17.4 Å². The fourth-order valence-electron chi connectivity index (χ4n) is 1.43. The molecule has 6 heteroatoms. The van der Waals surface area contributed by atoms with Crippen LogP contribution in [0.5, 0.6) is 0 Å². The van der Waals surface area contributed by atoms with Crippen molar-refractivity contribution in [1.29, 1.82) is 0 Å². The molecule has 18 heavy (non-hydrogen) atoms. The molecule has 0 saturated heterocycles. The largest absolute Gasteiger partial charge is 0.269 e. The number of nitro benzene ring substituents is 1. The highest BCUT2D eigenvalue weighted by Gasteiger charge is 2.06. The van der Waals surface area contributed by atoms with Gasteiger partial charge in [-0.2, -0.15) is 5.10 Å². The summed E-state index contributed by atoms with van der Waals surface area (Å²) in [6.07, 6.45) is 3.77. The van der Waals surface area contributed by atoms with E-state index in [1.807, 2.05) is 10.9 Å². The second-order valence-corrected chi connectivity index (χ2v) is 5.25. The van der Waals surface area contributed by atoms with Gasteiger partial charge in [0.2, 0.25) is 0 Å². The molecule has 1 heterocycles. The number of nitrogens with zero attached hydrogens (tertiary/aromatic N) is 3. The summed E-state index contributed by atoms with van der Waals surface area (Å²) < 4.78 is 1.88. The van der Waals surface area contributed by atoms with Gasteiger partial charge in [-0.1, -0.05) is 11.8 Å². The highest BCUT2D eigenvalue weighted by molar-refractivity contribution is 7.99. The third-order valence-electron chi connectivity index (χ3n) is 2.39. The molecule has 0 aliphatic heterocycles. The summed E-state index contributed by atoms with van der Waals surface area (Å²) >= 11 is 1.54. The molecule has 0 saturated carbocycles. The summed E-state index contributed by atoms with van der Waals surface area (Å²) in [5.74, 6) is 0. The van der Waals surface area contributed by atoms with Crippen LogP contribution in [0, 0.1) is 10.1 Å². The number of rotatable bonds is 4. The van der Waals surface area contributed by atoms with Crippen LogP contribution in [0.1, 0.15) is 19.9 Å². The van der Waals surface area contributed by atoms with Crippen LogP contribution in [0.3, 0.4) is 0 Å². The zero-order valence-electron chi connectivity index (χ0n) is 10.1. The minimum Gasteiger partial charge on any atom is -0.269 e. The maximum absolute atomic E-state index is 10.5. The number of nitro groups is 1. The number of non-ortho nitro benzene ring substituents is 1. The van der Waals surface area contributed by atoms with Gasteiger partial charge < -0.3 is 0 Å². The minimum absolute atomic E-state index is 0.109. The second-order valence-electron chi connectivity index (χ2n) is 4.10. The normalized spacial score (nSPS) is 10.8. The monoisotopic (exact) mass is 263 g/mol. The van der Waals surface area contributed by atoms with Crippen molar-refractivity contribution in [2.24, 2.45) is 0 Å². The van der Waals surface area contributed by atoms with E-state index in [0.29, 0.717) is 6.04 Å². The number of aromatic nitrogens is 2. The van der Waals surface area contributed by atoms with Gasteiger partial charge in [-0.3, -0.25) is 14.8 Å². The highest BCUT2D eigenvalue weighted by atomic mass is 32.2. The maximum atomic E-state index is 10.5. The van der Waals surface area contributed by atoms with E-state index in [1.54, 1.807) is 30.1 Å². The Kier molecular flexibility index (Phi) is 3.66. The first-order chi connectivity index (χ1) is 8.56. The van der Waals surface area contributed by atoms with Gasteiger partial charge in [-0.25, -0.2) is 0 Å². The van der Waals surface area contributed by atoms with Crippen molar-refractivity contribution < 1.29 is 4.92 Å². The standard InChI is InChI=1S/C12H13N3O2S/c1-9(2)14-8-12(7-13-14)18-11-5-3-10(4-6-11)15(16)17/h3-9H,1-2H3. The number of benzene rings is 1. The minimum atomic E-state index is -0.398. The zero-order chi connectivity index (χ0) is 13.1. The molecule has 0 fully saturated rings. The van der Waals surface area contributed by atoms with Gasteiger partial charge in [0.05, 0.1) is 16.0 Å². The smallest absolute Gasteiger partial charge is 0.269 e. The summed E-state index contributed by atoms with van der Waals surface area (Å²) in [5.41, 5.74) is 0.109. The lowest BCUT2D eigenvalue weighted by Gasteiger charge is -2.03. The Balaban J connectivity index is 2.10. The third-order valence-corrected chi connectivity index (χ3v) is 3.34. The molecule has 0 aliphatic rings. The van der Waals surface area contributed by atoms with Crippen LogP contribution in [0.2, 0.25) is 0 Å². The van der Waals surface area contributed by atoms with Gasteiger partial charge >= 0.3 is 0 Å². The van der Waals surface area contributed by atoms with Gasteiger partial charge in [0.25, 0.3) is 5.69 Å². The molecule has 0 spiro atoms. The van der Waals surface area contributed by atoms with Crippen LogP contribution < -0.4 is 0 Å². The molecule has 0 unspecified atom stereocenters. The van der Waals surface area contributed by atoms with Crippen molar-refractivity contribution in [3.63, 3.8) is 0 Å². The van der Waals surface area contributed by atoms with Gasteiger partial charge in [0.1, 0.15) is 0 Å². The first-order valence-corrected chi connectivity index (χ1v) is 6.34. The molecule has 0 aliphatic carbocycles. The second kappa shape index (κ2) is 5.22. The SMILES string of the molecule is CC(C)n1cc(Sc2ccc([N+](=O)[O-])cc2)cn1. The zero-order valence-corrected chi connectivity index (χ0v) is 10.9. The summed E-state index contributed by atoms with van der Waals surface area (Å²) in [6.45, 7) is 4.13. The lowest BCUT2D eigenvalue weighted by atomic mass is 10.3. The lowest BCUT2D eigenvalue weighted by Crippen LogP contribution is -1.99. The van der Waals surface area contributed by atoms with E-state index in [2.05, 4.69) is 18.9 Å². The van der Waals surface area contributed by atoms with E-state index in [9.17, 15) is 10.1 Å². The average molecular weight is 263 g/mol. The maximum Gasteiger partial charge on any atom is 0.269 e. The van der Waals surface area contributed by atoms with Crippen LogP contribution in [0.4, 0.5) is 5.69 Å². The molecule has 1 aromatic carbocycles. The molecule has 2 rings (SSSR count). The van der Waals surface area contributed by atoms with E-state index in [4.69, 9.17) is 0 Å². The summed E-state index contributed by atoms with van der Waals surface area (Å²) in [6, 6.07) is 6.84. The fourth-order valence-corrected chi connectivity index (χ4v) is 2.23. The Labute approximate surface area is 109 Å². The fraction of sp³-hybridized carbons (Fsp3) is 0.250. The Bertz CT molecular complexity index is 549. The number of hydrogen-bond acceptors (Lipinski definition) is 4. The Hall–Kier alpha value is -1.82. The Morgan fingerprint density at radius 1 is 1.28 bits per heavy atom. The molecule has 2 aromatic rings. The quantitative estimate of drug-likeness (QED) is 0.625. The molecule has 5 nitrogen and oxygen atoms in total.